The number of aromatic nitrogens is 1. The van der Waals surface area contributed by atoms with Crippen LogP contribution >= 0.6 is 0 Å². The van der Waals surface area contributed by atoms with E-state index in [9.17, 15) is 18.0 Å². The van der Waals surface area contributed by atoms with Crippen molar-refractivity contribution in [1.82, 2.24) is 4.57 Å². The van der Waals surface area contributed by atoms with Gasteiger partial charge >= 0.3 is 0 Å². The van der Waals surface area contributed by atoms with E-state index in [2.05, 4.69) is 14.9 Å². The highest BCUT2D eigenvalue weighted by Crippen LogP contribution is 2.54. The lowest BCUT2D eigenvalue weighted by Gasteiger charge is -2.35. The number of amides is 1. The number of carbonyl (C=O) groups excluding carboxylic acids is 1. The molecule has 10 heteroatoms. The molecule has 0 radical (unpaired) electrons. The number of anilines is 3. The Hall–Kier alpha value is -2.85. The molecular formula is C25H34N4O5S. The van der Waals surface area contributed by atoms with Gasteiger partial charge in [0.2, 0.25) is 10.0 Å². The maximum Gasteiger partial charge on any atom is 0.274 e. The molecule has 1 aromatic carbocycles. The summed E-state index contributed by atoms with van der Waals surface area (Å²) in [5.41, 5.74) is 2.50. The standard InChI is InChI=1S/C25H34N4O5S/c1-17(2)29-18(3)4-7-21(24(29)32)26-23(31)20-6-5-19(27-35(33,34)15-14-30)16-22(20)28-12-10-25(8-9-25)11-13-28/h4-7,16-17,27,30H,8-15H2,1-3H3,(H,26,31). The number of carbonyl (C=O) groups is 1. The highest BCUT2D eigenvalue weighted by molar-refractivity contribution is 7.92. The first-order valence-electron chi connectivity index (χ1n) is 12.1. The minimum atomic E-state index is -3.71. The highest BCUT2D eigenvalue weighted by atomic mass is 32.2. The second-order valence-corrected chi connectivity index (χ2v) is 11.8. The largest absolute Gasteiger partial charge is 0.395 e. The zero-order valence-electron chi connectivity index (χ0n) is 20.5. The molecule has 1 saturated heterocycles. The van der Waals surface area contributed by atoms with Crippen molar-refractivity contribution < 1.29 is 18.3 Å². The summed E-state index contributed by atoms with van der Waals surface area (Å²) >= 11 is 0. The van der Waals surface area contributed by atoms with E-state index in [0.717, 1.165) is 31.6 Å². The third-order valence-electron chi connectivity index (χ3n) is 7.08. The van der Waals surface area contributed by atoms with Gasteiger partial charge in [0, 0.05) is 24.8 Å². The Morgan fingerprint density at radius 1 is 1.11 bits per heavy atom. The van der Waals surface area contributed by atoms with Gasteiger partial charge in [-0.1, -0.05) is 0 Å². The van der Waals surface area contributed by atoms with E-state index >= 15 is 0 Å². The average Bonchev–Trinajstić information content (AvgIpc) is 3.54. The van der Waals surface area contributed by atoms with E-state index in [0.29, 0.717) is 22.4 Å². The predicted molar refractivity (Wildman–Crippen MR) is 138 cm³/mol. The molecule has 2 aromatic rings. The minimum Gasteiger partial charge on any atom is -0.395 e. The van der Waals surface area contributed by atoms with Gasteiger partial charge in [0.15, 0.2) is 0 Å². The molecule has 1 aliphatic carbocycles. The summed E-state index contributed by atoms with van der Waals surface area (Å²) in [6.45, 7) is 6.75. The van der Waals surface area contributed by atoms with E-state index in [-0.39, 0.29) is 17.3 Å². The van der Waals surface area contributed by atoms with Gasteiger partial charge in [-0.05, 0) is 82.2 Å². The molecule has 0 atom stereocenters. The molecule has 4 rings (SSSR count). The summed E-state index contributed by atoms with van der Waals surface area (Å²) in [5.74, 6) is -0.834. The average molecular weight is 503 g/mol. The molecule has 1 aliphatic heterocycles. The lowest BCUT2D eigenvalue weighted by Crippen LogP contribution is -2.36. The quantitative estimate of drug-likeness (QED) is 0.510. The normalized spacial score (nSPS) is 17.0. The molecule has 2 fully saturated rings. The van der Waals surface area contributed by atoms with Crippen molar-refractivity contribution in [3.05, 3.63) is 51.9 Å². The van der Waals surface area contributed by atoms with Gasteiger partial charge in [-0.2, -0.15) is 0 Å². The maximum absolute atomic E-state index is 13.4. The fraction of sp³-hybridized carbons (Fsp3) is 0.520. The van der Waals surface area contributed by atoms with Gasteiger partial charge in [-0.25, -0.2) is 8.42 Å². The van der Waals surface area contributed by atoms with Crippen LogP contribution in [-0.4, -0.2) is 49.4 Å². The van der Waals surface area contributed by atoms with Crippen LogP contribution in [0, 0.1) is 12.3 Å². The molecule has 1 spiro atoms. The Morgan fingerprint density at radius 2 is 1.80 bits per heavy atom. The molecule has 190 valence electrons. The van der Waals surface area contributed by atoms with Gasteiger partial charge in [-0.3, -0.25) is 14.3 Å². The lowest BCUT2D eigenvalue weighted by atomic mass is 9.93. The van der Waals surface area contributed by atoms with E-state index in [1.165, 1.54) is 18.9 Å². The van der Waals surface area contributed by atoms with Crippen LogP contribution in [0.5, 0.6) is 0 Å². The number of aliphatic hydroxyl groups is 1. The predicted octanol–water partition coefficient (Wildman–Crippen LogP) is 3.10. The summed E-state index contributed by atoms with van der Waals surface area (Å²) < 4.78 is 28.5. The molecule has 2 heterocycles. The van der Waals surface area contributed by atoms with Crippen molar-refractivity contribution in [2.45, 2.75) is 52.5 Å². The lowest BCUT2D eigenvalue weighted by molar-refractivity contribution is 0.102. The third kappa shape index (κ3) is 5.54. The third-order valence-corrected chi connectivity index (χ3v) is 8.35. The first-order chi connectivity index (χ1) is 16.5. The molecule has 0 bridgehead atoms. The van der Waals surface area contributed by atoms with Crippen molar-refractivity contribution in [1.29, 1.82) is 0 Å². The van der Waals surface area contributed by atoms with Crippen molar-refractivity contribution >= 4 is 33.0 Å². The Kier molecular flexibility index (Phi) is 6.97. The number of piperidine rings is 1. The molecule has 9 nitrogen and oxygen atoms in total. The van der Waals surface area contributed by atoms with Crippen LogP contribution in [0.25, 0.3) is 0 Å². The molecular weight excluding hydrogens is 468 g/mol. The van der Waals surface area contributed by atoms with Gasteiger partial charge in [0.05, 0.1) is 29.3 Å². The first kappa shape index (κ1) is 25.2. The van der Waals surface area contributed by atoms with E-state index < -0.39 is 28.3 Å². The van der Waals surface area contributed by atoms with Crippen LogP contribution < -0.4 is 20.5 Å². The topological polar surface area (TPSA) is 121 Å². The SMILES string of the molecule is Cc1ccc(NC(=O)c2ccc(NS(=O)(=O)CCO)cc2N2CCC3(CC2)CC3)c(=O)n1C(C)C. The minimum absolute atomic E-state index is 0.0516. The van der Waals surface area contributed by atoms with Crippen molar-refractivity contribution in [3.63, 3.8) is 0 Å². The van der Waals surface area contributed by atoms with Crippen molar-refractivity contribution in [2.24, 2.45) is 5.41 Å². The van der Waals surface area contributed by atoms with E-state index in [4.69, 9.17) is 5.11 Å². The molecule has 3 N–H and O–H groups in total. The van der Waals surface area contributed by atoms with Crippen LogP contribution in [0.15, 0.2) is 35.1 Å². The fourth-order valence-corrected chi connectivity index (χ4v) is 5.70. The van der Waals surface area contributed by atoms with Gasteiger partial charge in [-0.15, -0.1) is 0 Å². The number of aliphatic hydroxyl groups excluding tert-OH is 1. The number of benzene rings is 1. The number of aryl methyl sites for hydroxylation is 1. The zero-order valence-corrected chi connectivity index (χ0v) is 21.3. The summed E-state index contributed by atoms with van der Waals surface area (Å²) in [6.07, 6.45) is 4.55. The molecule has 0 unspecified atom stereocenters. The number of hydrogen-bond donors (Lipinski definition) is 3. The molecule has 35 heavy (non-hydrogen) atoms. The van der Waals surface area contributed by atoms with Crippen LogP contribution in [0.1, 0.15) is 61.6 Å². The number of nitrogens with one attached hydrogen (secondary N) is 2. The van der Waals surface area contributed by atoms with Crippen molar-refractivity contribution in [3.8, 4) is 0 Å². The van der Waals surface area contributed by atoms with Crippen LogP contribution in [0.2, 0.25) is 0 Å². The number of nitrogens with zero attached hydrogens (tertiary/aromatic N) is 2. The van der Waals surface area contributed by atoms with Crippen LogP contribution in [0.4, 0.5) is 17.1 Å². The smallest absolute Gasteiger partial charge is 0.274 e. The van der Waals surface area contributed by atoms with Crippen molar-refractivity contribution in [2.75, 3.05) is 40.4 Å². The molecule has 1 saturated carbocycles. The van der Waals surface area contributed by atoms with E-state index in [1.807, 2.05) is 20.8 Å². The van der Waals surface area contributed by atoms with E-state index in [1.54, 1.807) is 28.8 Å². The summed E-state index contributed by atoms with van der Waals surface area (Å²) in [7, 11) is -3.71. The Balaban J connectivity index is 1.66. The Bertz CT molecular complexity index is 1270. The summed E-state index contributed by atoms with van der Waals surface area (Å²) in [4.78, 5) is 28.5. The molecule has 1 aromatic heterocycles. The molecule has 2 aliphatic rings. The van der Waals surface area contributed by atoms with Gasteiger partial charge in [0.25, 0.3) is 11.5 Å². The Labute approximate surface area is 206 Å². The monoisotopic (exact) mass is 502 g/mol. The highest BCUT2D eigenvalue weighted by Gasteiger charge is 2.44. The second kappa shape index (κ2) is 9.66. The maximum atomic E-state index is 13.4. The first-order valence-corrected chi connectivity index (χ1v) is 13.7. The Morgan fingerprint density at radius 3 is 2.40 bits per heavy atom. The van der Waals surface area contributed by atoms with Crippen LogP contribution in [0.3, 0.4) is 0 Å². The zero-order chi connectivity index (χ0) is 25.4. The summed E-state index contributed by atoms with van der Waals surface area (Å²) in [6, 6.07) is 8.14. The van der Waals surface area contributed by atoms with Gasteiger partial charge < -0.3 is 19.9 Å². The number of sulfonamides is 1. The number of rotatable bonds is 8. The molecule has 1 amide bonds. The number of pyridine rings is 1. The van der Waals surface area contributed by atoms with Gasteiger partial charge in [0.1, 0.15) is 5.69 Å². The fourth-order valence-electron chi connectivity index (χ4n) is 4.87. The second-order valence-electron chi connectivity index (χ2n) is 9.97. The summed E-state index contributed by atoms with van der Waals surface area (Å²) in [5, 5.41) is 11.8. The number of hydrogen-bond acceptors (Lipinski definition) is 6. The van der Waals surface area contributed by atoms with Crippen LogP contribution in [-0.2, 0) is 10.0 Å².